The first-order valence-electron chi connectivity index (χ1n) is 7.17. The van der Waals surface area contributed by atoms with E-state index < -0.39 is 4.92 Å². The van der Waals surface area contributed by atoms with Crippen LogP contribution >= 0.6 is 12.4 Å². The molecule has 1 saturated heterocycles. The first-order valence-corrected chi connectivity index (χ1v) is 7.17. The SMILES string of the molecule is Cl.O=C(CCN1CCCCCC1)c1ccc([N+](=O)[O-])cc1. The Morgan fingerprint density at radius 2 is 1.67 bits per heavy atom. The van der Waals surface area contributed by atoms with E-state index in [0.29, 0.717) is 12.0 Å². The molecule has 0 unspecified atom stereocenters. The molecule has 1 aromatic carbocycles. The maximum atomic E-state index is 12.1. The number of non-ortho nitro benzene ring substituents is 1. The number of hydrogen-bond acceptors (Lipinski definition) is 4. The smallest absolute Gasteiger partial charge is 0.269 e. The average molecular weight is 313 g/mol. The molecule has 1 aromatic rings. The number of nitrogens with zero attached hydrogens (tertiary/aromatic N) is 2. The van der Waals surface area contributed by atoms with Crippen molar-refractivity contribution in [3.63, 3.8) is 0 Å². The summed E-state index contributed by atoms with van der Waals surface area (Å²) in [7, 11) is 0. The highest BCUT2D eigenvalue weighted by molar-refractivity contribution is 5.96. The summed E-state index contributed by atoms with van der Waals surface area (Å²) in [5.41, 5.74) is 0.583. The Morgan fingerprint density at radius 3 is 2.19 bits per heavy atom. The molecule has 0 atom stereocenters. The maximum Gasteiger partial charge on any atom is 0.269 e. The second-order valence-electron chi connectivity index (χ2n) is 5.23. The van der Waals surface area contributed by atoms with Gasteiger partial charge in [-0.25, -0.2) is 0 Å². The molecule has 21 heavy (non-hydrogen) atoms. The van der Waals surface area contributed by atoms with Crippen LogP contribution in [0.25, 0.3) is 0 Å². The molecule has 0 radical (unpaired) electrons. The van der Waals surface area contributed by atoms with Gasteiger partial charge in [0.2, 0.25) is 0 Å². The third-order valence-corrected chi connectivity index (χ3v) is 3.75. The van der Waals surface area contributed by atoms with Crippen LogP contribution in [0.5, 0.6) is 0 Å². The Balaban J connectivity index is 0.00000220. The molecule has 0 saturated carbocycles. The van der Waals surface area contributed by atoms with Crippen LogP contribution in [0.4, 0.5) is 5.69 Å². The van der Waals surface area contributed by atoms with Crippen molar-refractivity contribution < 1.29 is 9.72 Å². The van der Waals surface area contributed by atoms with E-state index in [-0.39, 0.29) is 23.9 Å². The van der Waals surface area contributed by atoms with Gasteiger partial charge < -0.3 is 4.90 Å². The maximum absolute atomic E-state index is 12.1. The molecule has 116 valence electrons. The van der Waals surface area contributed by atoms with Gasteiger partial charge in [0.05, 0.1) is 4.92 Å². The van der Waals surface area contributed by atoms with Gasteiger partial charge >= 0.3 is 0 Å². The quantitative estimate of drug-likeness (QED) is 0.474. The van der Waals surface area contributed by atoms with Crippen molar-refractivity contribution in [3.8, 4) is 0 Å². The van der Waals surface area contributed by atoms with Crippen molar-refractivity contribution in [2.24, 2.45) is 0 Å². The minimum atomic E-state index is -0.453. The predicted octanol–water partition coefficient (Wildman–Crippen LogP) is 3.47. The van der Waals surface area contributed by atoms with Gasteiger partial charge in [0.25, 0.3) is 5.69 Å². The van der Waals surface area contributed by atoms with E-state index in [9.17, 15) is 14.9 Å². The molecule has 0 spiro atoms. The lowest BCUT2D eigenvalue weighted by Crippen LogP contribution is -2.27. The summed E-state index contributed by atoms with van der Waals surface area (Å²) in [6.07, 6.45) is 5.48. The number of ketones is 1. The predicted molar refractivity (Wildman–Crippen MR) is 84.2 cm³/mol. The van der Waals surface area contributed by atoms with Gasteiger partial charge in [-0.15, -0.1) is 12.4 Å². The van der Waals surface area contributed by atoms with E-state index in [1.165, 1.54) is 37.8 Å². The molecule has 6 heteroatoms. The third kappa shape index (κ3) is 5.44. The minimum absolute atomic E-state index is 0. The van der Waals surface area contributed by atoms with Crippen LogP contribution < -0.4 is 0 Å². The van der Waals surface area contributed by atoms with Gasteiger partial charge in [0.1, 0.15) is 0 Å². The highest BCUT2D eigenvalue weighted by Crippen LogP contribution is 2.14. The van der Waals surface area contributed by atoms with Gasteiger partial charge in [-0.05, 0) is 38.1 Å². The van der Waals surface area contributed by atoms with Crippen LogP contribution in [0.15, 0.2) is 24.3 Å². The lowest BCUT2D eigenvalue weighted by molar-refractivity contribution is -0.384. The number of Topliss-reactive ketones (excluding diaryl/α,β-unsaturated/α-hetero) is 1. The standard InChI is InChI=1S/C15H20N2O3.ClH/c18-15(9-12-16-10-3-1-2-4-11-16)13-5-7-14(8-6-13)17(19)20;/h5-8H,1-4,9-12H2;1H. The number of benzene rings is 1. The fourth-order valence-electron chi connectivity index (χ4n) is 2.53. The van der Waals surface area contributed by atoms with E-state index in [1.807, 2.05) is 0 Å². The molecule has 1 fully saturated rings. The van der Waals surface area contributed by atoms with E-state index in [1.54, 1.807) is 12.1 Å². The first-order chi connectivity index (χ1) is 9.66. The molecular weight excluding hydrogens is 292 g/mol. The number of likely N-dealkylation sites (tertiary alicyclic amines) is 1. The van der Waals surface area contributed by atoms with E-state index >= 15 is 0 Å². The Bertz CT molecular complexity index is 468. The van der Waals surface area contributed by atoms with E-state index in [4.69, 9.17) is 0 Å². The Labute approximate surface area is 130 Å². The Kier molecular flexibility index (Phi) is 7.32. The fraction of sp³-hybridized carbons (Fsp3) is 0.533. The van der Waals surface area contributed by atoms with Gasteiger partial charge in [0, 0.05) is 30.7 Å². The minimum Gasteiger partial charge on any atom is -0.303 e. The number of hydrogen-bond donors (Lipinski definition) is 0. The molecule has 0 aromatic heterocycles. The van der Waals surface area contributed by atoms with Crippen molar-refractivity contribution in [2.75, 3.05) is 19.6 Å². The summed E-state index contributed by atoms with van der Waals surface area (Å²) >= 11 is 0. The second-order valence-corrected chi connectivity index (χ2v) is 5.23. The number of carbonyl (C=O) groups excluding carboxylic acids is 1. The largest absolute Gasteiger partial charge is 0.303 e. The molecule has 1 aliphatic heterocycles. The van der Waals surface area contributed by atoms with E-state index in [2.05, 4.69) is 4.90 Å². The normalized spacial score (nSPS) is 15.8. The number of rotatable bonds is 5. The molecule has 0 bridgehead atoms. The van der Waals surface area contributed by atoms with Crippen molar-refractivity contribution in [3.05, 3.63) is 39.9 Å². The van der Waals surface area contributed by atoms with Gasteiger partial charge in [-0.2, -0.15) is 0 Å². The molecular formula is C15H21ClN2O3. The van der Waals surface area contributed by atoms with E-state index in [0.717, 1.165) is 19.6 Å². The zero-order valence-corrected chi connectivity index (χ0v) is 12.8. The fourth-order valence-corrected chi connectivity index (χ4v) is 2.53. The number of nitro groups is 1. The zero-order chi connectivity index (χ0) is 14.4. The zero-order valence-electron chi connectivity index (χ0n) is 12.0. The molecule has 1 aliphatic rings. The summed E-state index contributed by atoms with van der Waals surface area (Å²) in [6.45, 7) is 2.94. The lowest BCUT2D eigenvalue weighted by Gasteiger charge is -2.18. The molecule has 0 N–H and O–H groups in total. The van der Waals surface area contributed by atoms with Crippen LogP contribution in [0.2, 0.25) is 0 Å². The molecule has 0 aliphatic carbocycles. The Morgan fingerprint density at radius 1 is 1.10 bits per heavy atom. The number of halogens is 1. The Hall–Kier alpha value is -1.46. The first kappa shape index (κ1) is 17.6. The summed E-state index contributed by atoms with van der Waals surface area (Å²) in [5.74, 6) is 0.0594. The molecule has 5 nitrogen and oxygen atoms in total. The van der Waals surface area contributed by atoms with Crippen LogP contribution in [0.1, 0.15) is 42.5 Å². The van der Waals surface area contributed by atoms with Crippen molar-refractivity contribution in [1.82, 2.24) is 4.90 Å². The summed E-state index contributed by atoms with van der Waals surface area (Å²) < 4.78 is 0. The molecule has 0 amide bonds. The summed E-state index contributed by atoms with van der Waals surface area (Å²) in [5, 5.41) is 10.6. The van der Waals surface area contributed by atoms with Crippen molar-refractivity contribution in [2.45, 2.75) is 32.1 Å². The second kappa shape index (κ2) is 8.74. The number of nitro benzene ring substituents is 1. The molecule has 1 heterocycles. The lowest BCUT2D eigenvalue weighted by atomic mass is 10.1. The summed E-state index contributed by atoms with van der Waals surface area (Å²) in [4.78, 5) is 24.5. The molecule has 2 rings (SSSR count). The van der Waals surface area contributed by atoms with Gasteiger partial charge in [-0.3, -0.25) is 14.9 Å². The van der Waals surface area contributed by atoms with Crippen LogP contribution in [0, 0.1) is 10.1 Å². The monoisotopic (exact) mass is 312 g/mol. The van der Waals surface area contributed by atoms with Crippen LogP contribution in [0.3, 0.4) is 0 Å². The highest BCUT2D eigenvalue weighted by Gasteiger charge is 2.13. The highest BCUT2D eigenvalue weighted by atomic mass is 35.5. The topological polar surface area (TPSA) is 63.5 Å². The van der Waals surface area contributed by atoms with Crippen molar-refractivity contribution in [1.29, 1.82) is 0 Å². The van der Waals surface area contributed by atoms with Crippen LogP contribution in [-0.4, -0.2) is 35.2 Å². The van der Waals surface area contributed by atoms with Crippen molar-refractivity contribution >= 4 is 23.9 Å². The van der Waals surface area contributed by atoms with Gasteiger partial charge in [-0.1, -0.05) is 12.8 Å². The average Bonchev–Trinajstić information content (AvgIpc) is 2.73. The summed E-state index contributed by atoms with van der Waals surface area (Å²) in [6, 6.07) is 5.87. The van der Waals surface area contributed by atoms with Gasteiger partial charge in [0.15, 0.2) is 5.78 Å². The third-order valence-electron chi connectivity index (χ3n) is 3.75. The number of carbonyl (C=O) groups is 1. The van der Waals surface area contributed by atoms with Crippen LogP contribution in [-0.2, 0) is 0 Å².